The average molecular weight is 476 g/mol. The summed E-state index contributed by atoms with van der Waals surface area (Å²) >= 11 is 15.7. The van der Waals surface area contributed by atoms with Crippen molar-refractivity contribution in [2.45, 2.75) is 26.5 Å². The number of halogens is 3. The molecule has 0 aliphatic rings. The Kier molecular flexibility index (Phi) is 9.73. The van der Waals surface area contributed by atoms with Gasteiger partial charge in [-0.2, -0.15) is 0 Å². The lowest BCUT2D eigenvalue weighted by Gasteiger charge is -2.16. The molecule has 0 aromatic heterocycles. The van der Waals surface area contributed by atoms with E-state index in [-0.39, 0.29) is 0 Å². The standard InChI is InChI=1S/C20H25BrCl2N2O2/c1-3-26-19-11-15(12-25-8-4-7-24-2)9-16(21)20(19)27-13-14-5-6-17(22)18(23)10-14/h5-6,9-11,24-25H,3-4,7-8,12-13H2,1-2H3. The molecule has 2 rings (SSSR count). The van der Waals surface area contributed by atoms with Crippen molar-refractivity contribution in [3.63, 3.8) is 0 Å². The maximum absolute atomic E-state index is 6.08. The molecule has 0 heterocycles. The third-order valence-electron chi connectivity index (χ3n) is 3.85. The molecule has 0 bridgehead atoms. The zero-order valence-electron chi connectivity index (χ0n) is 15.6. The first-order chi connectivity index (χ1) is 13.0. The normalized spacial score (nSPS) is 10.9. The van der Waals surface area contributed by atoms with Crippen molar-refractivity contribution in [3.05, 3.63) is 56.0 Å². The van der Waals surface area contributed by atoms with Crippen LogP contribution in [0, 0.1) is 0 Å². The van der Waals surface area contributed by atoms with Crippen LogP contribution in [0.4, 0.5) is 0 Å². The Bertz CT molecular complexity index is 744. The molecule has 0 unspecified atom stereocenters. The van der Waals surface area contributed by atoms with Gasteiger partial charge in [0, 0.05) is 6.54 Å². The fraction of sp³-hybridized carbons (Fsp3) is 0.400. The summed E-state index contributed by atoms with van der Waals surface area (Å²) in [6.45, 7) is 5.63. The van der Waals surface area contributed by atoms with Crippen LogP contribution in [0.3, 0.4) is 0 Å². The summed E-state index contributed by atoms with van der Waals surface area (Å²) in [5.74, 6) is 1.40. The van der Waals surface area contributed by atoms with E-state index in [0.717, 1.165) is 47.4 Å². The Morgan fingerprint density at radius 2 is 1.81 bits per heavy atom. The van der Waals surface area contributed by atoms with E-state index in [9.17, 15) is 0 Å². The molecule has 0 radical (unpaired) electrons. The van der Waals surface area contributed by atoms with E-state index < -0.39 is 0 Å². The highest BCUT2D eigenvalue weighted by molar-refractivity contribution is 9.10. The second-order valence-corrected chi connectivity index (χ2v) is 7.68. The Balaban J connectivity index is 2.06. The van der Waals surface area contributed by atoms with Gasteiger partial charge >= 0.3 is 0 Å². The van der Waals surface area contributed by atoms with Gasteiger partial charge in [0.1, 0.15) is 6.61 Å². The molecule has 0 amide bonds. The molecule has 2 aromatic rings. The minimum atomic E-state index is 0.372. The zero-order valence-corrected chi connectivity index (χ0v) is 18.7. The molecule has 2 aromatic carbocycles. The van der Waals surface area contributed by atoms with Crippen LogP contribution in [-0.4, -0.2) is 26.7 Å². The summed E-state index contributed by atoms with van der Waals surface area (Å²) in [5, 5.41) is 7.63. The maximum atomic E-state index is 6.08. The highest BCUT2D eigenvalue weighted by Crippen LogP contribution is 2.37. The fourth-order valence-electron chi connectivity index (χ4n) is 2.53. The molecule has 0 saturated heterocycles. The van der Waals surface area contributed by atoms with Crippen LogP contribution in [0.25, 0.3) is 0 Å². The fourth-order valence-corrected chi connectivity index (χ4v) is 3.46. The smallest absolute Gasteiger partial charge is 0.175 e. The van der Waals surface area contributed by atoms with Gasteiger partial charge in [-0.25, -0.2) is 0 Å². The average Bonchev–Trinajstić information content (AvgIpc) is 2.64. The molecule has 148 valence electrons. The second-order valence-electron chi connectivity index (χ2n) is 6.01. The number of nitrogens with one attached hydrogen (secondary N) is 2. The third-order valence-corrected chi connectivity index (χ3v) is 5.17. The highest BCUT2D eigenvalue weighted by Gasteiger charge is 2.13. The minimum Gasteiger partial charge on any atom is -0.490 e. The number of benzene rings is 2. The van der Waals surface area contributed by atoms with Crippen LogP contribution in [0.15, 0.2) is 34.8 Å². The van der Waals surface area contributed by atoms with Gasteiger partial charge in [0.15, 0.2) is 11.5 Å². The minimum absolute atomic E-state index is 0.372. The lowest BCUT2D eigenvalue weighted by Crippen LogP contribution is -2.19. The molecule has 27 heavy (non-hydrogen) atoms. The zero-order chi connectivity index (χ0) is 19.6. The van der Waals surface area contributed by atoms with Crippen molar-refractivity contribution < 1.29 is 9.47 Å². The highest BCUT2D eigenvalue weighted by atomic mass is 79.9. The van der Waals surface area contributed by atoms with E-state index in [0.29, 0.717) is 29.0 Å². The molecule has 7 heteroatoms. The van der Waals surface area contributed by atoms with Gasteiger partial charge in [0.05, 0.1) is 21.1 Å². The molecule has 2 N–H and O–H groups in total. The van der Waals surface area contributed by atoms with Crippen molar-refractivity contribution in [1.29, 1.82) is 0 Å². The number of hydrogen-bond acceptors (Lipinski definition) is 4. The van der Waals surface area contributed by atoms with Gasteiger partial charge in [-0.3, -0.25) is 0 Å². The summed E-state index contributed by atoms with van der Waals surface area (Å²) in [4.78, 5) is 0. The Labute approximate surface area is 179 Å². The van der Waals surface area contributed by atoms with Crippen LogP contribution >= 0.6 is 39.1 Å². The largest absolute Gasteiger partial charge is 0.490 e. The van der Waals surface area contributed by atoms with Gasteiger partial charge in [-0.1, -0.05) is 29.3 Å². The number of hydrogen-bond donors (Lipinski definition) is 2. The Morgan fingerprint density at radius 3 is 2.52 bits per heavy atom. The number of ether oxygens (including phenoxy) is 2. The van der Waals surface area contributed by atoms with E-state index in [1.54, 1.807) is 6.07 Å². The first-order valence-corrected chi connectivity index (χ1v) is 10.5. The Morgan fingerprint density at radius 1 is 1.00 bits per heavy atom. The van der Waals surface area contributed by atoms with Gasteiger partial charge in [0.2, 0.25) is 0 Å². The Hall–Kier alpha value is -0.980. The maximum Gasteiger partial charge on any atom is 0.175 e. The van der Waals surface area contributed by atoms with Gasteiger partial charge < -0.3 is 20.1 Å². The van der Waals surface area contributed by atoms with E-state index in [4.69, 9.17) is 32.7 Å². The molecule has 0 atom stereocenters. The number of rotatable bonds is 11. The van der Waals surface area contributed by atoms with Gasteiger partial charge in [-0.05, 0) is 84.8 Å². The van der Waals surface area contributed by atoms with Crippen LogP contribution in [0.2, 0.25) is 10.0 Å². The molecule has 0 saturated carbocycles. The summed E-state index contributed by atoms with van der Waals surface area (Å²) in [5.41, 5.74) is 2.07. The van der Waals surface area contributed by atoms with E-state index >= 15 is 0 Å². The quantitative estimate of drug-likeness (QED) is 0.425. The van der Waals surface area contributed by atoms with E-state index in [1.807, 2.05) is 32.2 Å². The monoisotopic (exact) mass is 474 g/mol. The summed E-state index contributed by atoms with van der Waals surface area (Å²) in [7, 11) is 1.96. The summed E-state index contributed by atoms with van der Waals surface area (Å²) < 4.78 is 12.7. The topological polar surface area (TPSA) is 42.5 Å². The molecule has 0 aliphatic heterocycles. The predicted molar refractivity (Wildman–Crippen MR) is 116 cm³/mol. The second kappa shape index (κ2) is 11.8. The third kappa shape index (κ3) is 7.16. The first-order valence-electron chi connectivity index (χ1n) is 8.92. The summed E-state index contributed by atoms with van der Waals surface area (Å²) in [6, 6.07) is 9.54. The van der Waals surface area contributed by atoms with Crippen LogP contribution in [0.1, 0.15) is 24.5 Å². The summed E-state index contributed by atoms with van der Waals surface area (Å²) in [6.07, 6.45) is 1.08. The van der Waals surface area contributed by atoms with Gasteiger partial charge in [0.25, 0.3) is 0 Å². The lowest BCUT2D eigenvalue weighted by molar-refractivity contribution is 0.267. The predicted octanol–water partition coefficient (Wildman–Crippen LogP) is 5.43. The van der Waals surface area contributed by atoms with Crippen LogP contribution in [-0.2, 0) is 13.2 Å². The van der Waals surface area contributed by atoms with Crippen molar-refractivity contribution in [2.24, 2.45) is 0 Å². The van der Waals surface area contributed by atoms with E-state index in [2.05, 4.69) is 32.6 Å². The molecule has 4 nitrogen and oxygen atoms in total. The van der Waals surface area contributed by atoms with Crippen LogP contribution < -0.4 is 20.1 Å². The molecule has 0 fully saturated rings. The van der Waals surface area contributed by atoms with Gasteiger partial charge in [-0.15, -0.1) is 0 Å². The molecule has 0 spiro atoms. The van der Waals surface area contributed by atoms with Crippen molar-refractivity contribution in [1.82, 2.24) is 10.6 Å². The first kappa shape index (κ1) is 22.3. The van der Waals surface area contributed by atoms with Crippen LogP contribution in [0.5, 0.6) is 11.5 Å². The molecule has 0 aliphatic carbocycles. The van der Waals surface area contributed by atoms with Crippen molar-refractivity contribution in [2.75, 3.05) is 26.7 Å². The lowest BCUT2D eigenvalue weighted by atomic mass is 10.2. The van der Waals surface area contributed by atoms with Crippen molar-refractivity contribution >= 4 is 39.1 Å². The molecular formula is C20H25BrCl2N2O2. The SMILES string of the molecule is CCOc1cc(CNCCCNC)cc(Br)c1OCc1ccc(Cl)c(Cl)c1. The van der Waals surface area contributed by atoms with Crippen molar-refractivity contribution in [3.8, 4) is 11.5 Å². The van der Waals surface area contributed by atoms with E-state index in [1.165, 1.54) is 0 Å². The molecular weight excluding hydrogens is 451 g/mol.